The Hall–Kier alpha value is -3.45. The van der Waals surface area contributed by atoms with E-state index in [9.17, 15) is 9.59 Å². The molecular formula is C29H31ClN2O5. The van der Waals surface area contributed by atoms with Crippen molar-refractivity contribution in [1.82, 2.24) is 9.80 Å². The molecule has 3 aromatic rings. The van der Waals surface area contributed by atoms with Crippen LogP contribution in [0.2, 0.25) is 5.02 Å². The second kappa shape index (κ2) is 10.9. The van der Waals surface area contributed by atoms with Crippen LogP contribution in [0.1, 0.15) is 41.8 Å². The Labute approximate surface area is 221 Å². The van der Waals surface area contributed by atoms with E-state index in [1.54, 1.807) is 32.4 Å². The van der Waals surface area contributed by atoms with E-state index < -0.39 is 0 Å². The zero-order valence-electron chi connectivity index (χ0n) is 21.1. The first kappa shape index (κ1) is 25.2. The number of nitrogens with zero attached hydrogens (tertiary/aromatic N) is 2. The molecule has 1 aromatic heterocycles. The summed E-state index contributed by atoms with van der Waals surface area (Å²) in [6, 6.07) is 16.7. The van der Waals surface area contributed by atoms with Crippen molar-refractivity contribution in [1.29, 1.82) is 0 Å². The summed E-state index contributed by atoms with van der Waals surface area (Å²) in [4.78, 5) is 30.3. The highest BCUT2D eigenvalue weighted by Gasteiger charge is 2.46. The van der Waals surface area contributed by atoms with Gasteiger partial charge in [0, 0.05) is 30.1 Å². The number of hydrogen-bond acceptors (Lipinski definition) is 5. The molecule has 194 valence electrons. The van der Waals surface area contributed by atoms with E-state index in [2.05, 4.69) is 0 Å². The molecule has 3 heterocycles. The number of rotatable bonds is 8. The number of ether oxygens (including phenoxy) is 2. The van der Waals surface area contributed by atoms with Crippen molar-refractivity contribution < 1.29 is 23.5 Å². The van der Waals surface area contributed by atoms with Crippen LogP contribution in [-0.2, 0) is 11.2 Å². The van der Waals surface area contributed by atoms with Crippen LogP contribution >= 0.6 is 11.6 Å². The zero-order chi connectivity index (χ0) is 25.9. The van der Waals surface area contributed by atoms with Crippen LogP contribution in [0, 0.1) is 0 Å². The third-order valence-electron chi connectivity index (χ3n) is 7.43. The van der Waals surface area contributed by atoms with Gasteiger partial charge in [-0.1, -0.05) is 11.6 Å². The zero-order valence-corrected chi connectivity index (χ0v) is 21.9. The SMILES string of the molecule is COc1ccc(OC)c(CCCC(=O)N2CC[C@H]3[C@H]2CCN3C(=O)c2ccc(-c3ccc(Cl)cc3)o2)c1. The van der Waals surface area contributed by atoms with Crippen molar-refractivity contribution in [3.05, 3.63) is 70.9 Å². The molecule has 2 aromatic carbocycles. The fourth-order valence-corrected chi connectivity index (χ4v) is 5.69. The highest BCUT2D eigenvalue weighted by atomic mass is 35.5. The van der Waals surface area contributed by atoms with E-state index in [0.29, 0.717) is 36.1 Å². The summed E-state index contributed by atoms with van der Waals surface area (Å²) < 4.78 is 16.7. The van der Waals surface area contributed by atoms with Crippen molar-refractivity contribution in [3.63, 3.8) is 0 Å². The number of aryl methyl sites for hydroxylation is 1. The van der Waals surface area contributed by atoms with Crippen molar-refractivity contribution in [3.8, 4) is 22.8 Å². The molecule has 0 bridgehead atoms. The second-order valence-electron chi connectivity index (χ2n) is 9.50. The number of likely N-dealkylation sites (tertiary alicyclic amines) is 2. The largest absolute Gasteiger partial charge is 0.497 e. The highest BCUT2D eigenvalue weighted by molar-refractivity contribution is 6.30. The van der Waals surface area contributed by atoms with E-state index in [-0.39, 0.29) is 23.9 Å². The first-order valence-electron chi connectivity index (χ1n) is 12.7. The number of hydrogen-bond donors (Lipinski definition) is 0. The lowest BCUT2D eigenvalue weighted by molar-refractivity contribution is -0.132. The standard InChI is InChI=1S/C29H31ClN2O5/c1-35-22-10-11-25(36-2)20(18-22)4-3-5-28(33)31-16-14-24-23(31)15-17-32(24)29(34)27-13-12-26(37-27)19-6-8-21(30)9-7-19/h6-13,18,23-24H,3-5,14-17H2,1-2H3/t23-,24+/m1/s1. The molecule has 5 rings (SSSR count). The summed E-state index contributed by atoms with van der Waals surface area (Å²) in [5.41, 5.74) is 1.90. The van der Waals surface area contributed by atoms with Gasteiger partial charge in [0.15, 0.2) is 5.76 Å². The predicted molar refractivity (Wildman–Crippen MR) is 141 cm³/mol. The smallest absolute Gasteiger partial charge is 0.289 e. The van der Waals surface area contributed by atoms with Gasteiger partial charge in [0.2, 0.25) is 5.91 Å². The number of carbonyl (C=O) groups excluding carboxylic acids is 2. The summed E-state index contributed by atoms with van der Waals surface area (Å²) in [5, 5.41) is 0.648. The molecule has 37 heavy (non-hydrogen) atoms. The topological polar surface area (TPSA) is 72.2 Å². The number of amides is 2. The molecular weight excluding hydrogens is 492 g/mol. The maximum atomic E-state index is 13.3. The molecule has 2 fully saturated rings. The fourth-order valence-electron chi connectivity index (χ4n) is 5.56. The third-order valence-corrected chi connectivity index (χ3v) is 7.68. The molecule has 2 saturated heterocycles. The fraction of sp³-hybridized carbons (Fsp3) is 0.379. The summed E-state index contributed by atoms with van der Waals surface area (Å²) in [7, 11) is 3.29. The van der Waals surface area contributed by atoms with Crippen LogP contribution in [0.5, 0.6) is 11.5 Å². The molecule has 2 aliphatic heterocycles. The van der Waals surface area contributed by atoms with Gasteiger partial charge in [-0.2, -0.15) is 0 Å². The monoisotopic (exact) mass is 522 g/mol. The lowest BCUT2D eigenvalue weighted by Crippen LogP contribution is -2.41. The molecule has 2 aliphatic rings. The molecule has 0 radical (unpaired) electrons. The van der Waals surface area contributed by atoms with Crippen molar-refractivity contribution >= 4 is 23.4 Å². The number of fused-ring (bicyclic) bond motifs is 1. The van der Waals surface area contributed by atoms with Gasteiger partial charge in [0.25, 0.3) is 5.91 Å². The number of benzene rings is 2. The van der Waals surface area contributed by atoms with Crippen LogP contribution in [0.3, 0.4) is 0 Å². The van der Waals surface area contributed by atoms with Gasteiger partial charge in [-0.3, -0.25) is 9.59 Å². The van der Waals surface area contributed by atoms with E-state index >= 15 is 0 Å². The van der Waals surface area contributed by atoms with Gasteiger partial charge >= 0.3 is 0 Å². The lowest BCUT2D eigenvalue weighted by atomic mass is 10.1. The average molecular weight is 523 g/mol. The molecule has 2 amide bonds. The van der Waals surface area contributed by atoms with Gasteiger partial charge in [0.1, 0.15) is 17.3 Å². The lowest BCUT2D eigenvalue weighted by Gasteiger charge is -2.25. The minimum absolute atomic E-state index is 0.0269. The second-order valence-corrected chi connectivity index (χ2v) is 9.94. The van der Waals surface area contributed by atoms with Crippen LogP contribution in [0.25, 0.3) is 11.3 Å². The Morgan fingerprint density at radius 3 is 2.41 bits per heavy atom. The number of methoxy groups -OCH3 is 2. The van der Waals surface area contributed by atoms with E-state index in [1.165, 1.54) is 0 Å². The Morgan fingerprint density at radius 1 is 0.946 bits per heavy atom. The quantitative estimate of drug-likeness (QED) is 0.393. The Kier molecular flexibility index (Phi) is 7.42. The third kappa shape index (κ3) is 5.18. The Balaban J connectivity index is 1.18. The first-order valence-corrected chi connectivity index (χ1v) is 13.0. The first-order chi connectivity index (χ1) is 18.0. The number of furan rings is 1. The van der Waals surface area contributed by atoms with Crippen LogP contribution in [0.4, 0.5) is 0 Å². The van der Waals surface area contributed by atoms with Crippen LogP contribution in [0.15, 0.2) is 59.0 Å². The molecule has 2 atom stereocenters. The summed E-state index contributed by atoms with van der Waals surface area (Å²) in [6.45, 7) is 1.30. The van der Waals surface area contributed by atoms with E-state index in [1.807, 2.05) is 46.2 Å². The van der Waals surface area contributed by atoms with Gasteiger partial charge < -0.3 is 23.7 Å². The van der Waals surface area contributed by atoms with Gasteiger partial charge in [0.05, 0.1) is 26.3 Å². The molecule has 0 unspecified atom stereocenters. The van der Waals surface area contributed by atoms with Crippen molar-refractivity contribution in [2.75, 3.05) is 27.3 Å². The number of halogens is 1. The maximum absolute atomic E-state index is 13.3. The molecule has 8 heteroatoms. The predicted octanol–water partition coefficient (Wildman–Crippen LogP) is 5.46. The highest BCUT2D eigenvalue weighted by Crippen LogP contribution is 2.34. The summed E-state index contributed by atoms with van der Waals surface area (Å²) >= 11 is 5.98. The molecule has 0 aliphatic carbocycles. The molecule has 0 saturated carbocycles. The summed E-state index contributed by atoms with van der Waals surface area (Å²) in [5.74, 6) is 2.56. The molecule has 0 spiro atoms. The van der Waals surface area contributed by atoms with Crippen LogP contribution in [-0.4, -0.2) is 61.0 Å². The van der Waals surface area contributed by atoms with Gasteiger partial charge in [-0.25, -0.2) is 0 Å². The van der Waals surface area contributed by atoms with E-state index in [0.717, 1.165) is 48.3 Å². The Morgan fingerprint density at radius 2 is 1.68 bits per heavy atom. The Bertz CT molecular complexity index is 1270. The average Bonchev–Trinajstić information content (AvgIpc) is 3.65. The maximum Gasteiger partial charge on any atom is 0.289 e. The molecule has 7 nitrogen and oxygen atoms in total. The van der Waals surface area contributed by atoms with Crippen molar-refractivity contribution in [2.45, 2.75) is 44.2 Å². The minimum Gasteiger partial charge on any atom is -0.497 e. The van der Waals surface area contributed by atoms with Crippen molar-refractivity contribution in [2.24, 2.45) is 0 Å². The number of carbonyl (C=O) groups is 2. The van der Waals surface area contributed by atoms with Crippen LogP contribution < -0.4 is 9.47 Å². The van der Waals surface area contributed by atoms with Gasteiger partial charge in [-0.05, 0) is 85.8 Å². The summed E-state index contributed by atoms with van der Waals surface area (Å²) in [6.07, 6.45) is 3.49. The van der Waals surface area contributed by atoms with E-state index in [4.69, 9.17) is 25.5 Å². The normalized spacial score (nSPS) is 18.7. The van der Waals surface area contributed by atoms with Gasteiger partial charge in [-0.15, -0.1) is 0 Å². The minimum atomic E-state index is -0.118. The molecule has 0 N–H and O–H groups in total.